The SMILES string of the molecule is N#Cc1ccc2nc(NC3CC3)c(N3CCC(C(F)(F)c4cc(F)ccc4F)CC3)nc2c1. The van der Waals surface area contributed by atoms with E-state index in [1.165, 1.54) is 0 Å². The molecule has 2 aromatic carbocycles. The molecular weight excluding hydrogens is 434 g/mol. The van der Waals surface area contributed by atoms with Gasteiger partial charge in [0.15, 0.2) is 11.6 Å². The summed E-state index contributed by atoms with van der Waals surface area (Å²) < 4.78 is 57.7. The molecule has 5 rings (SSSR count). The van der Waals surface area contributed by atoms with Crippen LogP contribution >= 0.6 is 0 Å². The fourth-order valence-electron chi connectivity index (χ4n) is 4.28. The molecule has 170 valence electrons. The van der Waals surface area contributed by atoms with E-state index in [1.807, 2.05) is 4.90 Å². The van der Waals surface area contributed by atoms with Crippen LogP contribution < -0.4 is 10.2 Å². The number of aromatic nitrogens is 2. The Morgan fingerprint density at radius 1 is 0.970 bits per heavy atom. The van der Waals surface area contributed by atoms with E-state index in [0.717, 1.165) is 25.0 Å². The first-order valence-electron chi connectivity index (χ1n) is 10.9. The molecule has 1 saturated carbocycles. The van der Waals surface area contributed by atoms with Gasteiger partial charge in [-0.3, -0.25) is 0 Å². The van der Waals surface area contributed by atoms with Crippen molar-refractivity contribution in [2.75, 3.05) is 23.3 Å². The fraction of sp³-hybridized carbons (Fsp3) is 0.375. The molecular formula is C24H21F4N5. The molecule has 2 heterocycles. The predicted octanol–water partition coefficient (Wildman–Crippen LogP) is 5.36. The van der Waals surface area contributed by atoms with E-state index in [2.05, 4.69) is 16.4 Å². The van der Waals surface area contributed by atoms with Crippen molar-refractivity contribution in [3.63, 3.8) is 0 Å². The van der Waals surface area contributed by atoms with Crippen LogP contribution in [-0.4, -0.2) is 29.1 Å². The summed E-state index contributed by atoms with van der Waals surface area (Å²) in [5.74, 6) is -5.44. The number of anilines is 2. The number of fused-ring (bicyclic) bond motifs is 1. The highest BCUT2D eigenvalue weighted by Gasteiger charge is 2.45. The number of rotatable bonds is 5. The van der Waals surface area contributed by atoms with Crippen molar-refractivity contribution in [2.24, 2.45) is 5.92 Å². The Labute approximate surface area is 188 Å². The molecule has 33 heavy (non-hydrogen) atoms. The van der Waals surface area contributed by atoms with Gasteiger partial charge in [-0.25, -0.2) is 27.5 Å². The molecule has 0 amide bonds. The fourth-order valence-corrected chi connectivity index (χ4v) is 4.28. The first kappa shape index (κ1) is 21.4. The van der Waals surface area contributed by atoms with Crippen molar-refractivity contribution in [3.8, 4) is 6.07 Å². The normalized spacial score (nSPS) is 17.2. The van der Waals surface area contributed by atoms with Crippen molar-refractivity contribution in [1.29, 1.82) is 5.26 Å². The van der Waals surface area contributed by atoms with Crippen LogP contribution in [0.25, 0.3) is 11.0 Å². The van der Waals surface area contributed by atoms with E-state index in [4.69, 9.17) is 4.98 Å². The summed E-state index contributed by atoms with van der Waals surface area (Å²) in [5, 5.41) is 12.6. The minimum Gasteiger partial charge on any atom is -0.364 e. The Morgan fingerprint density at radius 2 is 1.73 bits per heavy atom. The lowest BCUT2D eigenvalue weighted by Gasteiger charge is -2.37. The summed E-state index contributed by atoms with van der Waals surface area (Å²) in [6.07, 6.45) is 2.23. The summed E-state index contributed by atoms with van der Waals surface area (Å²) in [6, 6.07) is 9.62. The lowest BCUT2D eigenvalue weighted by atomic mass is 9.86. The summed E-state index contributed by atoms with van der Waals surface area (Å²) in [6.45, 7) is 0.545. The number of nitriles is 1. The maximum absolute atomic E-state index is 15.1. The Morgan fingerprint density at radius 3 is 2.42 bits per heavy atom. The summed E-state index contributed by atoms with van der Waals surface area (Å²) in [5.41, 5.74) is 0.760. The second-order valence-corrected chi connectivity index (χ2v) is 8.64. The predicted molar refractivity (Wildman–Crippen MR) is 116 cm³/mol. The maximum Gasteiger partial charge on any atom is 0.279 e. The van der Waals surface area contributed by atoms with Crippen molar-refractivity contribution < 1.29 is 17.6 Å². The maximum atomic E-state index is 15.1. The number of benzene rings is 2. The molecule has 1 aliphatic carbocycles. The van der Waals surface area contributed by atoms with Gasteiger partial charge in [-0.1, -0.05) is 0 Å². The average molecular weight is 455 g/mol. The highest BCUT2D eigenvalue weighted by atomic mass is 19.3. The number of halogens is 4. The van der Waals surface area contributed by atoms with Gasteiger partial charge in [0, 0.05) is 25.0 Å². The van der Waals surface area contributed by atoms with Crippen LogP contribution in [0.15, 0.2) is 36.4 Å². The summed E-state index contributed by atoms with van der Waals surface area (Å²) in [7, 11) is 0. The van der Waals surface area contributed by atoms with Crippen LogP contribution in [-0.2, 0) is 5.92 Å². The van der Waals surface area contributed by atoms with E-state index in [1.54, 1.807) is 18.2 Å². The molecule has 3 aromatic rings. The second kappa shape index (κ2) is 8.18. The minimum atomic E-state index is -3.48. The lowest BCUT2D eigenvalue weighted by molar-refractivity contribution is -0.0763. The van der Waals surface area contributed by atoms with Crippen molar-refractivity contribution >= 4 is 22.7 Å². The van der Waals surface area contributed by atoms with Gasteiger partial charge >= 0.3 is 0 Å². The largest absolute Gasteiger partial charge is 0.364 e. The van der Waals surface area contributed by atoms with Crippen molar-refractivity contribution in [2.45, 2.75) is 37.6 Å². The van der Waals surface area contributed by atoms with Gasteiger partial charge in [-0.05, 0) is 62.1 Å². The van der Waals surface area contributed by atoms with Crippen LogP contribution in [0.5, 0.6) is 0 Å². The van der Waals surface area contributed by atoms with Gasteiger partial charge in [0.2, 0.25) is 0 Å². The van der Waals surface area contributed by atoms with E-state index in [9.17, 15) is 14.0 Å². The molecule has 1 N–H and O–H groups in total. The standard InChI is InChI=1S/C24H21F4N5/c25-16-2-5-19(26)18(12-16)24(27,28)15-7-9-33(10-8-15)23-22(30-17-3-4-17)31-20-6-1-14(13-29)11-21(20)32-23/h1-2,5-6,11-12,15,17H,3-4,7-10H2,(H,30,31). The van der Waals surface area contributed by atoms with Crippen LogP contribution in [0, 0.1) is 28.9 Å². The smallest absolute Gasteiger partial charge is 0.279 e. The number of alkyl halides is 2. The van der Waals surface area contributed by atoms with Crippen LogP contribution in [0.3, 0.4) is 0 Å². The zero-order valence-electron chi connectivity index (χ0n) is 17.7. The zero-order valence-corrected chi connectivity index (χ0v) is 17.7. The van der Waals surface area contributed by atoms with Gasteiger partial charge in [-0.15, -0.1) is 0 Å². The molecule has 2 fully saturated rings. The third-order valence-electron chi connectivity index (χ3n) is 6.29. The second-order valence-electron chi connectivity index (χ2n) is 8.64. The van der Waals surface area contributed by atoms with E-state index >= 15 is 8.78 Å². The third-order valence-corrected chi connectivity index (χ3v) is 6.29. The van der Waals surface area contributed by atoms with Crippen LogP contribution in [0.4, 0.5) is 29.2 Å². The van der Waals surface area contributed by atoms with E-state index in [-0.39, 0.29) is 25.9 Å². The first-order valence-corrected chi connectivity index (χ1v) is 10.9. The quantitative estimate of drug-likeness (QED) is 0.525. The van der Waals surface area contributed by atoms with Gasteiger partial charge in [-0.2, -0.15) is 5.26 Å². The Hall–Kier alpha value is -3.41. The Balaban J connectivity index is 1.41. The first-order chi connectivity index (χ1) is 15.8. The molecule has 1 aliphatic heterocycles. The van der Waals surface area contributed by atoms with Gasteiger partial charge < -0.3 is 10.2 Å². The topological polar surface area (TPSA) is 64.8 Å². The van der Waals surface area contributed by atoms with Crippen LogP contribution in [0.1, 0.15) is 36.8 Å². The Kier molecular flexibility index (Phi) is 5.31. The van der Waals surface area contributed by atoms with E-state index < -0.39 is 29.0 Å². The molecule has 0 atom stereocenters. The highest BCUT2D eigenvalue weighted by Crippen LogP contribution is 2.43. The Bertz CT molecular complexity index is 1240. The number of nitrogens with zero attached hydrogens (tertiary/aromatic N) is 4. The molecule has 1 saturated heterocycles. The molecule has 0 bridgehead atoms. The van der Waals surface area contributed by atoms with Crippen molar-refractivity contribution in [1.82, 2.24) is 9.97 Å². The summed E-state index contributed by atoms with van der Waals surface area (Å²) in [4.78, 5) is 11.3. The molecule has 0 unspecified atom stereocenters. The number of hydrogen-bond donors (Lipinski definition) is 1. The number of hydrogen-bond acceptors (Lipinski definition) is 5. The van der Waals surface area contributed by atoms with Gasteiger partial charge in [0.25, 0.3) is 5.92 Å². The molecule has 0 spiro atoms. The zero-order chi connectivity index (χ0) is 23.2. The van der Waals surface area contributed by atoms with E-state index in [0.29, 0.717) is 40.3 Å². The monoisotopic (exact) mass is 455 g/mol. The van der Waals surface area contributed by atoms with Gasteiger partial charge in [0.1, 0.15) is 11.6 Å². The van der Waals surface area contributed by atoms with Crippen molar-refractivity contribution in [3.05, 3.63) is 59.2 Å². The number of piperidine rings is 1. The molecule has 2 aliphatic rings. The molecule has 1 aromatic heterocycles. The molecule has 0 radical (unpaired) electrons. The molecule has 9 heteroatoms. The average Bonchev–Trinajstić information content (AvgIpc) is 3.64. The minimum absolute atomic E-state index is 0.0871. The van der Waals surface area contributed by atoms with Gasteiger partial charge in [0.05, 0.1) is 28.2 Å². The molecule has 5 nitrogen and oxygen atoms in total. The number of nitrogens with one attached hydrogen (secondary N) is 1. The third kappa shape index (κ3) is 4.17. The highest BCUT2D eigenvalue weighted by molar-refractivity contribution is 5.82. The summed E-state index contributed by atoms with van der Waals surface area (Å²) >= 11 is 0. The van der Waals surface area contributed by atoms with Crippen LogP contribution in [0.2, 0.25) is 0 Å². The lowest BCUT2D eigenvalue weighted by Crippen LogP contribution is -2.40.